The molecule has 0 aliphatic heterocycles. The number of halogens is 1. The second-order valence-corrected chi connectivity index (χ2v) is 3.97. The number of nitrogens with zero attached hydrogens (tertiary/aromatic N) is 1. The predicted molar refractivity (Wildman–Crippen MR) is 69.1 cm³/mol. The van der Waals surface area contributed by atoms with Gasteiger partial charge in [-0.15, -0.1) is 0 Å². The van der Waals surface area contributed by atoms with E-state index in [0.29, 0.717) is 6.07 Å². The van der Waals surface area contributed by atoms with Gasteiger partial charge in [-0.05, 0) is 19.1 Å². The Balaban J connectivity index is 2.62. The highest BCUT2D eigenvalue weighted by molar-refractivity contribution is 5.93. The van der Waals surface area contributed by atoms with E-state index < -0.39 is 28.4 Å². The monoisotopic (exact) mass is 297 g/mol. The Labute approximate surface area is 119 Å². The first kappa shape index (κ1) is 16.3. The third-order valence-electron chi connectivity index (χ3n) is 2.27. The molecule has 0 fully saturated rings. The first-order valence-corrected chi connectivity index (χ1v) is 5.76. The van der Waals surface area contributed by atoms with Gasteiger partial charge in [0.2, 0.25) is 0 Å². The number of ether oxygens (including phenoxy) is 2. The zero-order valence-corrected chi connectivity index (χ0v) is 11.1. The van der Waals surface area contributed by atoms with Crippen molar-refractivity contribution in [2.24, 2.45) is 0 Å². The van der Waals surface area contributed by atoms with Crippen molar-refractivity contribution in [3.63, 3.8) is 0 Å². The summed E-state index contributed by atoms with van der Waals surface area (Å²) in [4.78, 5) is 32.5. The summed E-state index contributed by atoms with van der Waals surface area (Å²) in [6, 6.07) is 2.48. The van der Waals surface area contributed by atoms with Crippen LogP contribution in [0.15, 0.2) is 30.4 Å². The van der Waals surface area contributed by atoms with Gasteiger partial charge >= 0.3 is 11.9 Å². The van der Waals surface area contributed by atoms with Crippen LogP contribution in [0.2, 0.25) is 0 Å². The Kier molecular flexibility index (Phi) is 5.53. The number of rotatable bonds is 6. The van der Waals surface area contributed by atoms with Crippen LogP contribution in [0.25, 0.3) is 0 Å². The molecule has 0 amide bonds. The van der Waals surface area contributed by atoms with Crippen LogP contribution < -0.4 is 0 Å². The number of esters is 2. The van der Waals surface area contributed by atoms with Crippen LogP contribution in [-0.2, 0) is 14.3 Å². The molecule has 0 atom stereocenters. The maximum Gasteiger partial charge on any atom is 0.345 e. The summed E-state index contributed by atoms with van der Waals surface area (Å²) in [7, 11) is 0. The zero-order valence-electron chi connectivity index (χ0n) is 11.1. The molecule has 0 spiro atoms. The average Bonchev–Trinajstić information content (AvgIpc) is 2.42. The minimum Gasteiger partial charge on any atom is -0.459 e. The van der Waals surface area contributed by atoms with Gasteiger partial charge in [-0.25, -0.2) is 14.0 Å². The van der Waals surface area contributed by atoms with Crippen LogP contribution in [0.3, 0.4) is 0 Å². The summed E-state index contributed by atoms with van der Waals surface area (Å²) < 4.78 is 22.3. The van der Waals surface area contributed by atoms with Gasteiger partial charge in [0.1, 0.15) is 24.6 Å². The number of nitro benzene ring substituents is 1. The number of benzene rings is 1. The minimum absolute atomic E-state index is 0.190. The molecule has 112 valence electrons. The van der Waals surface area contributed by atoms with E-state index in [1.54, 1.807) is 0 Å². The summed E-state index contributed by atoms with van der Waals surface area (Å²) >= 11 is 0. The fraction of sp³-hybridized carbons (Fsp3) is 0.231. The Hall–Kier alpha value is -2.77. The van der Waals surface area contributed by atoms with Crippen molar-refractivity contribution in [2.75, 3.05) is 13.2 Å². The van der Waals surface area contributed by atoms with Gasteiger partial charge in [0.15, 0.2) is 0 Å². The van der Waals surface area contributed by atoms with Crippen LogP contribution in [0.5, 0.6) is 0 Å². The van der Waals surface area contributed by atoms with Gasteiger partial charge in [0, 0.05) is 5.57 Å². The van der Waals surface area contributed by atoms with Crippen LogP contribution in [0.1, 0.15) is 17.3 Å². The molecular formula is C13H12FNO6. The second kappa shape index (κ2) is 7.13. The predicted octanol–water partition coefficient (Wildman–Crippen LogP) is 2.01. The van der Waals surface area contributed by atoms with Crippen molar-refractivity contribution in [3.05, 3.63) is 51.8 Å². The number of hydrogen-bond acceptors (Lipinski definition) is 6. The molecule has 7 nitrogen and oxygen atoms in total. The van der Waals surface area contributed by atoms with Gasteiger partial charge in [-0.1, -0.05) is 6.58 Å². The minimum atomic E-state index is -1.01. The fourth-order valence-corrected chi connectivity index (χ4v) is 1.30. The molecule has 0 saturated heterocycles. The van der Waals surface area contributed by atoms with E-state index in [1.165, 1.54) is 6.92 Å². The van der Waals surface area contributed by atoms with Crippen molar-refractivity contribution < 1.29 is 28.4 Å². The number of carbonyl (C=O) groups excluding carboxylic acids is 2. The van der Waals surface area contributed by atoms with Gasteiger partial charge in [-0.2, -0.15) is 0 Å². The molecule has 1 aromatic carbocycles. The van der Waals surface area contributed by atoms with E-state index in [-0.39, 0.29) is 24.4 Å². The molecule has 1 aromatic rings. The molecule has 0 aliphatic carbocycles. The first-order valence-electron chi connectivity index (χ1n) is 5.76. The van der Waals surface area contributed by atoms with Crippen LogP contribution >= 0.6 is 0 Å². The second-order valence-electron chi connectivity index (χ2n) is 3.97. The van der Waals surface area contributed by atoms with E-state index in [2.05, 4.69) is 11.3 Å². The Morgan fingerprint density at radius 2 is 1.95 bits per heavy atom. The highest BCUT2D eigenvalue weighted by Gasteiger charge is 2.22. The lowest BCUT2D eigenvalue weighted by atomic mass is 10.2. The molecule has 8 heteroatoms. The van der Waals surface area contributed by atoms with E-state index in [9.17, 15) is 24.1 Å². The summed E-state index contributed by atoms with van der Waals surface area (Å²) in [6.07, 6.45) is 0. The van der Waals surface area contributed by atoms with Crippen LogP contribution in [-0.4, -0.2) is 30.1 Å². The Morgan fingerprint density at radius 1 is 1.33 bits per heavy atom. The molecule has 0 unspecified atom stereocenters. The van der Waals surface area contributed by atoms with E-state index >= 15 is 0 Å². The van der Waals surface area contributed by atoms with Gasteiger partial charge in [-0.3, -0.25) is 10.1 Å². The molecule has 21 heavy (non-hydrogen) atoms. The molecule has 0 saturated carbocycles. The molecular weight excluding hydrogens is 285 g/mol. The number of carbonyl (C=O) groups is 2. The van der Waals surface area contributed by atoms with Crippen molar-refractivity contribution in [2.45, 2.75) is 6.92 Å². The molecule has 0 radical (unpaired) electrons. The lowest BCUT2D eigenvalue weighted by Gasteiger charge is -2.06. The third kappa shape index (κ3) is 4.68. The van der Waals surface area contributed by atoms with Crippen molar-refractivity contribution >= 4 is 17.6 Å². The van der Waals surface area contributed by atoms with E-state index in [4.69, 9.17) is 4.74 Å². The lowest BCUT2D eigenvalue weighted by Crippen LogP contribution is -2.15. The normalized spacial score (nSPS) is 9.81. The first-order chi connectivity index (χ1) is 9.82. The van der Waals surface area contributed by atoms with Gasteiger partial charge < -0.3 is 9.47 Å². The summed E-state index contributed by atoms with van der Waals surface area (Å²) in [5.41, 5.74) is -0.887. The molecule has 0 aromatic heterocycles. The van der Waals surface area contributed by atoms with Gasteiger partial charge in [0.05, 0.1) is 11.0 Å². The Bertz CT molecular complexity index is 598. The van der Waals surface area contributed by atoms with Crippen LogP contribution in [0, 0.1) is 15.9 Å². The summed E-state index contributed by atoms with van der Waals surface area (Å²) in [6.45, 7) is 4.32. The van der Waals surface area contributed by atoms with E-state index in [0.717, 1.165) is 12.1 Å². The van der Waals surface area contributed by atoms with Crippen molar-refractivity contribution in [1.29, 1.82) is 0 Å². The SMILES string of the molecule is C=C(C)C(=O)OCCOC(=O)c1ccc(F)cc1[N+](=O)[O-]. The van der Waals surface area contributed by atoms with Crippen molar-refractivity contribution in [3.8, 4) is 0 Å². The maximum absolute atomic E-state index is 12.9. The van der Waals surface area contributed by atoms with Crippen molar-refractivity contribution in [1.82, 2.24) is 0 Å². The average molecular weight is 297 g/mol. The largest absolute Gasteiger partial charge is 0.459 e. The highest BCUT2D eigenvalue weighted by Crippen LogP contribution is 2.20. The lowest BCUT2D eigenvalue weighted by molar-refractivity contribution is -0.385. The molecule has 0 heterocycles. The van der Waals surface area contributed by atoms with E-state index in [1.807, 2.05) is 0 Å². The summed E-state index contributed by atoms with van der Waals surface area (Å²) in [5.74, 6) is -2.49. The highest BCUT2D eigenvalue weighted by atomic mass is 19.1. The quantitative estimate of drug-likeness (QED) is 0.262. The maximum atomic E-state index is 12.9. The summed E-state index contributed by atoms with van der Waals surface area (Å²) in [5, 5.41) is 10.7. The zero-order chi connectivity index (χ0) is 16.0. The van der Waals surface area contributed by atoms with Crippen LogP contribution in [0.4, 0.5) is 10.1 Å². The standard InChI is InChI=1S/C13H12FNO6/c1-8(2)12(16)20-5-6-21-13(17)10-4-3-9(14)7-11(10)15(18)19/h3-4,7H,1,5-6H2,2H3. The number of hydrogen-bond donors (Lipinski definition) is 0. The number of nitro groups is 1. The fourth-order valence-electron chi connectivity index (χ4n) is 1.30. The smallest absolute Gasteiger partial charge is 0.345 e. The Morgan fingerprint density at radius 3 is 2.52 bits per heavy atom. The molecule has 0 aliphatic rings. The van der Waals surface area contributed by atoms with Gasteiger partial charge in [0.25, 0.3) is 5.69 Å². The molecule has 0 N–H and O–H groups in total. The topological polar surface area (TPSA) is 95.7 Å². The molecule has 0 bridgehead atoms. The third-order valence-corrected chi connectivity index (χ3v) is 2.27. The molecule has 1 rings (SSSR count).